The Hall–Kier alpha value is -2.17. The summed E-state index contributed by atoms with van der Waals surface area (Å²) in [4.78, 5) is 9.59. The highest BCUT2D eigenvalue weighted by Gasteiger charge is 2.09. The number of hydrogen-bond acceptors (Lipinski definition) is 5. The standard InChI is InChI=1S/C10H14O3.C3H2O2/c1-3-6-13-8-5-4-7(2)9(11)10(8)12;4-3-1-2-5-3/h4-5,11-12H,3,6H2,1-2H3;1-2H. The molecule has 0 saturated heterocycles. The Labute approximate surface area is 105 Å². The molecule has 0 bridgehead atoms. The van der Waals surface area contributed by atoms with Crippen LogP contribution in [0.2, 0.25) is 0 Å². The Morgan fingerprint density at radius 1 is 1.28 bits per heavy atom. The lowest BCUT2D eigenvalue weighted by Crippen LogP contribution is -2.01. The number of rotatable bonds is 3. The molecule has 18 heavy (non-hydrogen) atoms. The minimum atomic E-state index is -0.245. The molecule has 1 aliphatic heterocycles. The number of benzene rings is 1. The third-order valence-corrected chi connectivity index (χ3v) is 2.17. The van der Waals surface area contributed by atoms with Gasteiger partial charge in [-0.2, -0.15) is 0 Å². The molecule has 0 amide bonds. The molecule has 1 aliphatic rings. The molecule has 2 rings (SSSR count). The van der Waals surface area contributed by atoms with E-state index in [0.717, 1.165) is 6.42 Å². The van der Waals surface area contributed by atoms with Crippen LogP contribution >= 0.6 is 0 Å². The molecule has 0 fully saturated rings. The molecule has 0 aromatic heterocycles. The largest absolute Gasteiger partial charge is 0.504 e. The van der Waals surface area contributed by atoms with E-state index in [1.54, 1.807) is 19.1 Å². The van der Waals surface area contributed by atoms with E-state index in [0.29, 0.717) is 17.9 Å². The Balaban J connectivity index is 0.000000269. The quantitative estimate of drug-likeness (QED) is 0.637. The molecule has 5 nitrogen and oxygen atoms in total. The second-order valence-electron chi connectivity index (χ2n) is 3.67. The summed E-state index contributed by atoms with van der Waals surface area (Å²) < 4.78 is 9.32. The van der Waals surface area contributed by atoms with E-state index in [2.05, 4.69) is 4.74 Å². The lowest BCUT2D eigenvalue weighted by molar-refractivity contribution is -0.136. The maximum atomic E-state index is 9.59. The van der Waals surface area contributed by atoms with Crippen molar-refractivity contribution in [2.75, 3.05) is 6.61 Å². The van der Waals surface area contributed by atoms with Crippen LogP contribution in [0.25, 0.3) is 0 Å². The topological polar surface area (TPSA) is 76.0 Å². The highest BCUT2D eigenvalue weighted by Crippen LogP contribution is 2.37. The first-order valence-electron chi connectivity index (χ1n) is 5.57. The summed E-state index contributed by atoms with van der Waals surface area (Å²) in [6.45, 7) is 4.24. The minimum Gasteiger partial charge on any atom is -0.504 e. The molecular formula is C13H16O5. The molecule has 0 atom stereocenters. The minimum absolute atomic E-state index is 0.103. The van der Waals surface area contributed by atoms with Crippen LogP contribution in [-0.4, -0.2) is 22.8 Å². The van der Waals surface area contributed by atoms with Gasteiger partial charge >= 0.3 is 5.97 Å². The molecular weight excluding hydrogens is 236 g/mol. The number of phenolic OH excluding ortho intramolecular Hbond substituents is 2. The number of esters is 1. The molecule has 0 spiro atoms. The molecule has 98 valence electrons. The number of carbonyl (C=O) groups is 1. The van der Waals surface area contributed by atoms with Gasteiger partial charge in [-0.05, 0) is 25.0 Å². The third-order valence-electron chi connectivity index (χ3n) is 2.17. The lowest BCUT2D eigenvalue weighted by atomic mass is 10.2. The number of hydrogen-bond donors (Lipinski definition) is 2. The molecule has 1 aromatic carbocycles. The molecule has 0 unspecified atom stereocenters. The Morgan fingerprint density at radius 3 is 2.33 bits per heavy atom. The van der Waals surface area contributed by atoms with E-state index in [1.807, 2.05) is 6.92 Å². The third kappa shape index (κ3) is 3.69. The van der Waals surface area contributed by atoms with Gasteiger partial charge in [-0.15, -0.1) is 0 Å². The summed E-state index contributed by atoms with van der Waals surface area (Å²) >= 11 is 0. The van der Waals surface area contributed by atoms with Gasteiger partial charge in [0.2, 0.25) is 5.75 Å². The number of ether oxygens (including phenoxy) is 2. The fourth-order valence-electron chi connectivity index (χ4n) is 1.11. The zero-order valence-corrected chi connectivity index (χ0v) is 10.3. The van der Waals surface area contributed by atoms with Crippen LogP contribution in [0.3, 0.4) is 0 Å². The molecule has 0 saturated carbocycles. The summed E-state index contributed by atoms with van der Waals surface area (Å²) in [5, 5.41) is 18.8. The molecule has 0 radical (unpaired) electrons. The molecule has 0 aliphatic carbocycles. The molecule has 5 heteroatoms. The van der Waals surface area contributed by atoms with E-state index in [4.69, 9.17) is 4.74 Å². The predicted octanol–water partition coefficient (Wildman–Crippen LogP) is 2.25. The number of phenols is 2. The van der Waals surface area contributed by atoms with Crippen molar-refractivity contribution < 1.29 is 24.5 Å². The van der Waals surface area contributed by atoms with E-state index in [1.165, 1.54) is 12.3 Å². The average Bonchev–Trinajstić information content (AvgIpc) is 2.33. The second kappa shape index (κ2) is 6.54. The van der Waals surface area contributed by atoms with Crippen LogP contribution in [-0.2, 0) is 9.53 Å². The number of carbonyl (C=O) groups excluding carboxylic acids is 1. The summed E-state index contributed by atoms with van der Waals surface area (Å²) in [5.41, 5.74) is 0.640. The zero-order valence-electron chi connectivity index (χ0n) is 10.3. The monoisotopic (exact) mass is 252 g/mol. The van der Waals surface area contributed by atoms with E-state index in [9.17, 15) is 15.0 Å². The van der Waals surface area contributed by atoms with Crippen LogP contribution < -0.4 is 4.74 Å². The van der Waals surface area contributed by atoms with Crippen LogP contribution in [0, 0.1) is 6.92 Å². The normalized spacial score (nSPS) is 12.0. The van der Waals surface area contributed by atoms with Crippen molar-refractivity contribution in [3.63, 3.8) is 0 Å². The van der Waals surface area contributed by atoms with Crippen LogP contribution in [0.5, 0.6) is 17.2 Å². The first kappa shape index (κ1) is 13.9. The Bertz CT molecular complexity index is 451. The Morgan fingerprint density at radius 2 is 1.89 bits per heavy atom. The maximum Gasteiger partial charge on any atom is 0.338 e. The Kier molecular flexibility index (Phi) is 5.05. The van der Waals surface area contributed by atoms with Gasteiger partial charge in [-0.25, -0.2) is 4.79 Å². The lowest BCUT2D eigenvalue weighted by Gasteiger charge is -2.08. The van der Waals surface area contributed by atoms with Gasteiger partial charge in [-0.1, -0.05) is 13.0 Å². The average molecular weight is 252 g/mol. The van der Waals surface area contributed by atoms with Gasteiger partial charge in [0.15, 0.2) is 11.5 Å². The van der Waals surface area contributed by atoms with Gasteiger partial charge in [0, 0.05) is 0 Å². The predicted molar refractivity (Wildman–Crippen MR) is 65.5 cm³/mol. The van der Waals surface area contributed by atoms with Crippen molar-refractivity contribution in [1.82, 2.24) is 0 Å². The summed E-state index contributed by atoms with van der Waals surface area (Å²) in [5.74, 6) is -0.183. The number of aryl methyl sites for hydroxylation is 1. The molecule has 1 aromatic rings. The van der Waals surface area contributed by atoms with Crippen LogP contribution in [0.15, 0.2) is 24.5 Å². The first-order valence-corrected chi connectivity index (χ1v) is 5.57. The SMILES string of the molecule is CCCOc1ccc(C)c(O)c1O.O=C1C=CO1. The maximum absolute atomic E-state index is 9.59. The zero-order chi connectivity index (χ0) is 13.5. The van der Waals surface area contributed by atoms with Crippen molar-refractivity contribution in [2.45, 2.75) is 20.3 Å². The van der Waals surface area contributed by atoms with Crippen molar-refractivity contribution >= 4 is 5.97 Å². The number of cyclic esters (lactones) is 1. The van der Waals surface area contributed by atoms with Gasteiger partial charge in [0.25, 0.3) is 0 Å². The van der Waals surface area contributed by atoms with Gasteiger partial charge < -0.3 is 19.7 Å². The summed E-state index contributed by atoms with van der Waals surface area (Å²) in [7, 11) is 0. The van der Waals surface area contributed by atoms with Gasteiger partial charge in [0.05, 0.1) is 12.7 Å². The first-order chi connectivity index (χ1) is 8.56. The van der Waals surface area contributed by atoms with Gasteiger partial charge in [0.1, 0.15) is 6.26 Å². The highest BCUT2D eigenvalue weighted by molar-refractivity contribution is 5.86. The van der Waals surface area contributed by atoms with E-state index < -0.39 is 0 Å². The molecule has 1 heterocycles. The van der Waals surface area contributed by atoms with Crippen molar-refractivity contribution in [2.24, 2.45) is 0 Å². The number of aromatic hydroxyl groups is 2. The fourth-order valence-corrected chi connectivity index (χ4v) is 1.11. The summed E-state index contributed by atoms with van der Waals surface area (Å²) in [6.07, 6.45) is 3.58. The highest BCUT2D eigenvalue weighted by atomic mass is 16.5. The van der Waals surface area contributed by atoms with Crippen molar-refractivity contribution in [3.8, 4) is 17.2 Å². The van der Waals surface area contributed by atoms with E-state index in [-0.39, 0.29) is 17.5 Å². The van der Waals surface area contributed by atoms with Crippen LogP contribution in [0.4, 0.5) is 0 Å². The van der Waals surface area contributed by atoms with E-state index >= 15 is 0 Å². The van der Waals surface area contributed by atoms with Gasteiger partial charge in [-0.3, -0.25) is 0 Å². The molecule has 2 N–H and O–H groups in total. The summed E-state index contributed by atoms with van der Waals surface area (Å²) in [6, 6.07) is 3.36. The van der Waals surface area contributed by atoms with Crippen LogP contribution in [0.1, 0.15) is 18.9 Å². The van der Waals surface area contributed by atoms with Crippen molar-refractivity contribution in [1.29, 1.82) is 0 Å². The second-order valence-corrected chi connectivity index (χ2v) is 3.67. The fraction of sp³-hybridized carbons (Fsp3) is 0.308. The smallest absolute Gasteiger partial charge is 0.338 e. The van der Waals surface area contributed by atoms with Crippen molar-refractivity contribution in [3.05, 3.63) is 30.0 Å².